The molecule has 4 nitrogen and oxygen atoms in total. The maximum absolute atomic E-state index is 9.34. The van der Waals surface area contributed by atoms with E-state index in [9.17, 15) is 5.11 Å². The maximum Gasteiger partial charge on any atom is 0.141 e. The van der Waals surface area contributed by atoms with Gasteiger partial charge < -0.3 is 10.0 Å². The largest absolute Gasteiger partial charge is 0.394 e. The molecule has 1 atom stereocenters. The highest BCUT2D eigenvalue weighted by molar-refractivity contribution is 7.16. The van der Waals surface area contributed by atoms with E-state index in [1.165, 1.54) is 0 Å². The molecule has 1 N–H and O–H groups in total. The summed E-state index contributed by atoms with van der Waals surface area (Å²) >= 11 is 1.63. The lowest BCUT2D eigenvalue weighted by Crippen LogP contribution is -2.32. The van der Waals surface area contributed by atoms with Gasteiger partial charge in [-0.1, -0.05) is 0 Å². The standard InChI is InChI=1S/C11H13N3OS/c15-6-8-2-1-4-14(8)10-9-3-5-16-11(9)13-7-12-10/h3,5,7-8,15H,1-2,4,6H2. The number of nitrogens with zero attached hydrogens (tertiary/aromatic N) is 3. The fraction of sp³-hybridized carbons (Fsp3) is 0.455. The van der Waals surface area contributed by atoms with Gasteiger partial charge in [-0.25, -0.2) is 9.97 Å². The molecule has 1 aliphatic rings. The van der Waals surface area contributed by atoms with Crippen molar-refractivity contribution in [1.82, 2.24) is 9.97 Å². The SMILES string of the molecule is OCC1CCCN1c1ncnc2sccc12. The Labute approximate surface area is 97.6 Å². The second-order valence-electron chi connectivity index (χ2n) is 4.01. The molecule has 0 amide bonds. The number of aromatic nitrogens is 2. The van der Waals surface area contributed by atoms with Crippen molar-refractivity contribution in [3.8, 4) is 0 Å². The number of aliphatic hydroxyl groups is 1. The van der Waals surface area contributed by atoms with E-state index in [0.29, 0.717) is 0 Å². The predicted octanol–water partition coefficient (Wildman–Crippen LogP) is 1.65. The molecule has 1 aliphatic heterocycles. The number of aliphatic hydroxyl groups excluding tert-OH is 1. The zero-order valence-corrected chi connectivity index (χ0v) is 9.65. The second kappa shape index (κ2) is 3.99. The van der Waals surface area contributed by atoms with Crippen molar-refractivity contribution in [1.29, 1.82) is 0 Å². The first-order chi connectivity index (χ1) is 7.90. The average molecular weight is 235 g/mol. The molecule has 5 heteroatoms. The third-order valence-corrected chi connectivity index (χ3v) is 3.92. The molecule has 0 radical (unpaired) electrons. The molecule has 3 rings (SSSR count). The fourth-order valence-electron chi connectivity index (χ4n) is 2.31. The number of hydrogen-bond donors (Lipinski definition) is 1. The predicted molar refractivity (Wildman–Crippen MR) is 64.9 cm³/mol. The smallest absolute Gasteiger partial charge is 0.141 e. The van der Waals surface area contributed by atoms with Crippen LogP contribution in [0.15, 0.2) is 17.8 Å². The minimum atomic E-state index is 0.204. The van der Waals surface area contributed by atoms with Gasteiger partial charge in [-0.2, -0.15) is 0 Å². The van der Waals surface area contributed by atoms with Crippen LogP contribution in [0.5, 0.6) is 0 Å². The van der Waals surface area contributed by atoms with Crippen LogP contribution in [0.4, 0.5) is 5.82 Å². The molecule has 1 unspecified atom stereocenters. The Morgan fingerprint density at radius 2 is 2.44 bits per heavy atom. The topological polar surface area (TPSA) is 49.2 Å². The van der Waals surface area contributed by atoms with E-state index < -0.39 is 0 Å². The third kappa shape index (κ3) is 1.47. The monoisotopic (exact) mass is 235 g/mol. The van der Waals surface area contributed by atoms with Gasteiger partial charge >= 0.3 is 0 Å². The Morgan fingerprint density at radius 1 is 1.50 bits per heavy atom. The van der Waals surface area contributed by atoms with Crippen LogP contribution in [0.3, 0.4) is 0 Å². The molecular weight excluding hydrogens is 222 g/mol. The zero-order valence-electron chi connectivity index (χ0n) is 8.83. The molecule has 2 aromatic heterocycles. The van der Waals surface area contributed by atoms with Crippen LogP contribution >= 0.6 is 11.3 Å². The van der Waals surface area contributed by atoms with E-state index in [1.54, 1.807) is 17.7 Å². The Morgan fingerprint density at radius 3 is 3.31 bits per heavy atom. The van der Waals surface area contributed by atoms with Crippen molar-refractivity contribution in [2.45, 2.75) is 18.9 Å². The molecule has 0 bridgehead atoms. The molecule has 0 aromatic carbocycles. The van der Waals surface area contributed by atoms with Gasteiger partial charge in [0, 0.05) is 6.54 Å². The Hall–Kier alpha value is -1.20. The van der Waals surface area contributed by atoms with Gasteiger partial charge in [-0.05, 0) is 24.3 Å². The molecule has 0 saturated carbocycles. The highest BCUT2D eigenvalue weighted by atomic mass is 32.1. The molecule has 1 saturated heterocycles. The maximum atomic E-state index is 9.34. The van der Waals surface area contributed by atoms with Gasteiger partial charge in [0.25, 0.3) is 0 Å². The number of anilines is 1. The van der Waals surface area contributed by atoms with Crippen LogP contribution in [0.25, 0.3) is 10.2 Å². The zero-order chi connectivity index (χ0) is 11.0. The summed E-state index contributed by atoms with van der Waals surface area (Å²) < 4.78 is 0. The van der Waals surface area contributed by atoms with Crippen LogP contribution in [-0.4, -0.2) is 34.3 Å². The van der Waals surface area contributed by atoms with Crippen molar-refractivity contribution in [2.75, 3.05) is 18.1 Å². The first kappa shape index (κ1) is 9.99. The molecular formula is C11H13N3OS. The molecule has 0 spiro atoms. The van der Waals surface area contributed by atoms with Crippen LogP contribution < -0.4 is 4.90 Å². The second-order valence-corrected chi connectivity index (χ2v) is 4.90. The van der Waals surface area contributed by atoms with Crippen LogP contribution in [0.2, 0.25) is 0 Å². The van der Waals surface area contributed by atoms with E-state index >= 15 is 0 Å². The summed E-state index contributed by atoms with van der Waals surface area (Å²) in [6, 6.07) is 2.28. The van der Waals surface area contributed by atoms with Gasteiger partial charge in [0.1, 0.15) is 17.0 Å². The molecule has 0 aliphatic carbocycles. The number of fused-ring (bicyclic) bond motifs is 1. The van der Waals surface area contributed by atoms with Gasteiger partial charge in [0.05, 0.1) is 18.0 Å². The lowest BCUT2D eigenvalue weighted by molar-refractivity contribution is 0.266. The summed E-state index contributed by atoms with van der Waals surface area (Å²) in [4.78, 5) is 11.8. The van der Waals surface area contributed by atoms with E-state index in [-0.39, 0.29) is 12.6 Å². The van der Waals surface area contributed by atoms with Gasteiger partial charge in [-0.15, -0.1) is 11.3 Å². The summed E-state index contributed by atoms with van der Waals surface area (Å²) in [7, 11) is 0. The Bertz CT molecular complexity index is 499. The summed E-state index contributed by atoms with van der Waals surface area (Å²) in [6.07, 6.45) is 3.79. The Kier molecular flexibility index (Phi) is 2.49. The van der Waals surface area contributed by atoms with E-state index in [2.05, 4.69) is 20.9 Å². The first-order valence-corrected chi connectivity index (χ1v) is 6.34. The van der Waals surface area contributed by atoms with Crippen molar-refractivity contribution in [3.05, 3.63) is 17.8 Å². The summed E-state index contributed by atoms with van der Waals surface area (Å²) in [5.41, 5.74) is 0. The molecule has 16 heavy (non-hydrogen) atoms. The highest BCUT2D eigenvalue weighted by Gasteiger charge is 2.26. The van der Waals surface area contributed by atoms with Crippen LogP contribution in [-0.2, 0) is 0 Å². The van der Waals surface area contributed by atoms with Crippen molar-refractivity contribution >= 4 is 27.4 Å². The third-order valence-electron chi connectivity index (χ3n) is 3.10. The van der Waals surface area contributed by atoms with Gasteiger partial charge in [0.15, 0.2) is 0 Å². The van der Waals surface area contributed by atoms with E-state index in [0.717, 1.165) is 35.4 Å². The van der Waals surface area contributed by atoms with Crippen LogP contribution in [0.1, 0.15) is 12.8 Å². The highest BCUT2D eigenvalue weighted by Crippen LogP contribution is 2.31. The molecule has 1 fully saturated rings. The van der Waals surface area contributed by atoms with Crippen molar-refractivity contribution in [2.24, 2.45) is 0 Å². The molecule has 2 aromatic rings. The lowest BCUT2D eigenvalue weighted by atomic mass is 10.2. The van der Waals surface area contributed by atoms with E-state index in [1.807, 2.05) is 5.38 Å². The summed E-state index contributed by atoms with van der Waals surface area (Å²) in [5, 5.41) is 12.5. The normalized spacial score (nSPS) is 20.8. The number of rotatable bonds is 2. The lowest BCUT2D eigenvalue weighted by Gasteiger charge is -2.24. The van der Waals surface area contributed by atoms with Crippen LogP contribution in [0, 0.1) is 0 Å². The fourth-order valence-corrected chi connectivity index (χ4v) is 3.04. The van der Waals surface area contributed by atoms with Gasteiger partial charge in [-0.3, -0.25) is 0 Å². The summed E-state index contributed by atoms with van der Waals surface area (Å²) in [5.74, 6) is 0.975. The minimum absolute atomic E-state index is 0.204. The minimum Gasteiger partial charge on any atom is -0.394 e. The quantitative estimate of drug-likeness (QED) is 0.860. The van der Waals surface area contributed by atoms with Crippen molar-refractivity contribution in [3.63, 3.8) is 0 Å². The molecule has 84 valence electrons. The first-order valence-electron chi connectivity index (χ1n) is 5.46. The number of thiophene rings is 1. The van der Waals surface area contributed by atoms with Crippen molar-refractivity contribution < 1.29 is 5.11 Å². The van der Waals surface area contributed by atoms with E-state index in [4.69, 9.17) is 0 Å². The van der Waals surface area contributed by atoms with Gasteiger partial charge in [0.2, 0.25) is 0 Å². The Balaban J connectivity index is 2.07. The average Bonchev–Trinajstić information content (AvgIpc) is 2.96. The summed E-state index contributed by atoms with van der Waals surface area (Å²) in [6.45, 7) is 1.18. The number of hydrogen-bond acceptors (Lipinski definition) is 5. The molecule has 3 heterocycles.